The third kappa shape index (κ3) is 3.96. The van der Waals surface area contributed by atoms with Gasteiger partial charge in [0.15, 0.2) is 0 Å². The van der Waals surface area contributed by atoms with Gasteiger partial charge in [-0.3, -0.25) is 0 Å². The second-order valence-electron chi connectivity index (χ2n) is 2.62. The molecule has 0 aliphatic heterocycles. The van der Waals surface area contributed by atoms with Crippen LogP contribution in [0.15, 0.2) is 30.3 Å². The molecule has 0 nitrogen and oxygen atoms in total. The molecule has 0 fully saturated rings. The van der Waals surface area contributed by atoms with Crippen LogP contribution in [-0.4, -0.2) is 3.92 Å². The number of hydrogen-bond acceptors (Lipinski definition) is 0. The molecule has 1 aromatic carbocycles. The molecule has 0 heterocycles. The molecule has 1 aromatic rings. The molecule has 0 aliphatic rings. The normalized spacial score (nSPS) is 11.8. The van der Waals surface area contributed by atoms with Gasteiger partial charge in [0.1, 0.15) is 0 Å². The van der Waals surface area contributed by atoms with Crippen molar-refractivity contribution < 1.29 is 0 Å². The maximum atomic E-state index is 3.94. The Morgan fingerprint density at radius 3 is 2.33 bits per heavy atom. The third-order valence-corrected chi connectivity index (χ3v) is 2.21. The van der Waals surface area contributed by atoms with Gasteiger partial charge in [-0.2, -0.15) is 0 Å². The minimum absolute atomic E-state index is 0. The number of aryl methyl sites for hydroxylation is 1. The first-order chi connectivity index (χ1) is 5.29. The van der Waals surface area contributed by atoms with Crippen LogP contribution >= 0.6 is 22.6 Å². The van der Waals surface area contributed by atoms with Crippen molar-refractivity contribution in [2.45, 2.75) is 16.8 Å². The van der Waals surface area contributed by atoms with Crippen LogP contribution in [0.3, 0.4) is 0 Å². The first kappa shape index (κ1) is 11.0. The first-order valence-electron chi connectivity index (χ1n) is 3.80. The van der Waals surface area contributed by atoms with Crippen LogP contribution in [0.25, 0.3) is 0 Å². The van der Waals surface area contributed by atoms with Crippen LogP contribution in [0.5, 0.6) is 0 Å². The largest absolute Gasteiger partial charge is 0.331 e. The van der Waals surface area contributed by atoms with Crippen molar-refractivity contribution >= 4 is 22.6 Å². The van der Waals surface area contributed by atoms with Crippen molar-refractivity contribution in [2.75, 3.05) is 0 Å². The molecule has 0 N–H and O–H groups in total. The van der Waals surface area contributed by atoms with Crippen LogP contribution in [-0.2, 0) is 6.42 Å². The van der Waals surface area contributed by atoms with E-state index in [1.54, 1.807) is 0 Å². The summed E-state index contributed by atoms with van der Waals surface area (Å²) in [7, 11) is 0. The van der Waals surface area contributed by atoms with Crippen molar-refractivity contribution in [2.24, 2.45) is 0 Å². The van der Waals surface area contributed by atoms with Crippen LogP contribution < -0.4 is 0 Å². The molecule has 2 heteroatoms. The number of benzene rings is 1. The Morgan fingerprint density at radius 2 is 1.83 bits per heavy atom. The van der Waals surface area contributed by atoms with Crippen LogP contribution in [0.1, 0.15) is 12.0 Å². The Balaban J connectivity index is 0.00000121. The van der Waals surface area contributed by atoms with Gasteiger partial charge in [-0.05, 0) is 12.0 Å². The van der Waals surface area contributed by atoms with Gasteiger partial charge >= 0.3 is 0 Å². The van der Waals surface area contributed by atoms with Crippen molar-refractivity contribution in [1.29, 1.82) is 0 Å². The summed E-state index contributed by atoms with van der Waals surface area (Å²) < 4.78 is 0.535. The SMILES string of the molecule is [CH2-]C(I)CCc1ccccc1.[Rf]. The Morgan fingerprint density at radius 1 is 1.25 bits per heavy atom. The average Bonchev–Trinajstić information content (AvgIpc) is 2.03. The summed E-state index contributed by atoms with van der Waals surface area (Å²) in [6, 6.07) is 10.6. The third-order valence-electron chi connectivity index (χ3n) is 1.59. The summed E-state index contributed by atoms with van der Waals surface area (Å²) in [5, 5.41) is 0. The van der Waals surface area contributed by atoms with E-state index in [9.17, 15) is 0 Å². The molecule has 1 rings (SSSR count). The average molecular weight is 526 g/mol. The molecule has 0 spiro atoms. The van der Waals surface area contributed by atoms with E-state index in [0.29, 0.717) is 3.92 Å². The van der Waals surface area contributed by atoms with Gasteiger partial charge in [-0.15, -0.1) is 26.5 Å². The number of hydrogen-bond donors (Lipinski definition) is 0. The number of halogens is 1. The Kier molecular flexibility index (Phi) is 5.09. The van der Waals surface area contributed by atoms with E-state index < -0.39 is 0 Å². The molecular formula is C10H12IRf-. The summed E-state index contributed by atoms with van der Waals surface area (Å²) in [5.41, 5.74) is 1.41. The zero-order valence-electron chi connectivity index (χ0n) is 7.17. The van der Waals surface area contributed by atoms with Crippen LogP contribution in [0, 0.1) is 6.92 Å². The van der Waals surface area contributed by atoms with E-state index in [1.165, 1.54) is 12.0 Å². The van der Waals surface area contributed by atoms with E-state index >= 15 is 0 Å². The quantitative estimate of drug-likeness (QED) is 0.323. The molecule has 0 radical (unpaired) electrons. The summed E-state index contributed by atoms with van der Waals surface area (Å²) in [4.78, 5) is 0. The van der Waals surface area contributed by atoms with Crippen molar-refractivity contribution in [3.8, 4) is 0 Å². The summed E-state index contributed by atoms with van der Waals surface area (Å²) in [5.74, 6) is 0. The molecule has 0 saturated heterocycles. The Labute approximate surface area is 82.2 Å². The number of alkyl halides is 1. The van der Waals surface area contributed by atoms with Gasteiger partial charge in [0, 0.05) is 0 Å². The first-order valence-corrected chi connectivity index (χ1v) is 5.04. The Hall–Kier alpha value is -1.05. The predicted octanol–water partition coefficient (Wildman–Crippen LogP) is 3.26. The topological polar surface area (TPSA) is 0 Å². The molecule has 0 bridgehead atoms. The van der Waals surface area contributed by atoms with Crippen molar-refractivity contribution in [3.63, 3.8) is 0 Å². The zero-order valence-corrected chi connectivity index (χ0v) is 15.7. The minimum Gasteiger partial charge on any atom is -0.331 e. The molecule has 62 valence electrons. The molecule has 1 atom stereocenters. The van der Waals surface area contributed by atoms with Gasteiger partial charge in [0.05, 0.1) is 0 Å². The monoisotopic (exact) mass is 526 g/mol. The second kappa shape index (κ2) is 5.58. The summed E-state index contributed by atoms with van der Waals surface area (Å²) in [6.45, 7) is 3.94. The number of rotatable bonds is 3. The summed E-state index contributed by atoms with van der Waals surface area (Å²) >= 11 is 2.36. The molecule has 0 saturated carbocycles. The maximum Gasteiger partial charge on any atom is 0 e. The Bertz CT molecular complexity index is 196. The minimum atomic E-state index is 0. The van der Waals surface area contributed by atoms with Gasteiger partial charge in [-0.1, -0.05) is 36.8 Å². The van der Waals surface area contributed by atoms with Gasteiger partial charge in [-0.25, -0.2) is 0 Å². The van der Waals surface area contributed by atoms with E-state index in [1.807, 2.05) is 0 Å². The fraction of sp³-hybridized carbons (Fsp3) is 0.300. The molecule has 0 amide bonds. The van der Waals surface area contributed by atoms with Crippen molar-refractivity contribution in [3.05, 3.63) is 42.8 Å². The van der Waals surface area contributed by atoms with E-state index in [0.717, 1.165) is 6.42 Å². The van der Waals surface area contributed by atoms with E-state index in [4.69, 9.17) is 0 Å². The van der Waals surface area contributed by atoms with Crippen molar-refractivity contribution in [1.82, 2.24) is 0 Å². The van der Waals surface area contributed by atoms with Gasteiger partial charge in [0.2, 0.25) is 0 Å². The van der Waals surface area contributed by atoms with Crippen LogP contribution in [0.2, 0.25) is 0 Å². The van der Waals surface area contributed by atoms with E-state index in [2.05, 4.69) is 59.8 Å². The molecule has 0 aliphatic carbocycles. The fourth-order valence-electron chi connectivity index (χ4n) is 0.968. The fourth-order valence-corrected chi connectivity index (χ4v) is 1.28. The molecule has 0 aromatic heterocycles. The summed E-state index contributed by atoms with van der Waals surface area (Å²) in [6.07, 6.45) is 2.32. The standard InChI is InChI=1S/C10H12I.Rf/c1-9(11)7-8-10-5-3-2-4-6-10;/h2-6,9H,1,7-8H2;/q-1;. The molecule has 12 heavy (non-hydrogen) atoms. The zero-order chi connectivity index (χ0) is 8.10. The molecular weight excluding hydrogens is 514 g/mol. The van der Waals surface area contributed by atoms with Gasteiger partial charge in [0.25, 0.3) is 0 Å². The second-order valence-corrected chi connectivity index (χ2v) is 4.38. The smallest absolute Gasteiger partial charge is 0 e. The van der Waals surface area contributed by atoms with Crippen LogP contribution in [0.4, 0.5) is 0 Å². The predicted molar refractivity (Wildman–Crippen MR) is 57.9 cm³/mol. The maximum absolute atomic E-state index is 3.94. The van der Waals surface area contributed by atoms with Gasteiger partial charge < -0.3 is 6.92 Å². The molecule has 1 unspecified atom stereocenters. The van der Waals surface area contributed by atoms with E-state index in [-0.39, 0.29) is 0 Å².